The highest BCUT2D eigenvalue weighted by atomic mass is 16.6. The van der Waals surface area contributed by atoms with Gasteiger partial charge in [0.1, 0.15) is 0 Å². The molecule has 0 atom stereocenters. The fourth-order valence-electron chi connectivity index (χ4n) is 6.82. The molecule has 0 spiro atoms. The number of carbonyl (C=O) groups excluding carboxylic acids is 8. The number of ether oxygens (including phenoxy) is 4. The van der Waals surface area contributed by atoms with E-state index in [9.17, 15) is 57.5 Å². The largest absolute Gasteiger partial charge is 0.386 e. The molecule has 0 saturated carbocycles. The molecular formula is C42H14O18. The first kappa shape index (κ1) is 36.6. The van der Waals surface area contributed by atoms with Crippen molar-refractivity contribution in [3.8, 4) is 22.3 Å². The van der Waals surface area contributed by atoms with Crippen LogP contribution in [0.1, 0.15) is 82.9 Å². The number of benzene rings is 5. The van der Waals surface area contributed by atoms with Crippen molar-refractivity contribution >= 4 is 69.3 Å². The molecule has 0 radical (unpaired) electrons. The van der Waals surface area contributed by atoms with Crippen LogP contribution in [0.4, 0.5) is 0 Å². The van der Waals surface area contributed by atoms with Crippen molar-refractivity contribution in [3.63, 3.8) is 0 Å². The van der Waals surface area contributed by atoms with Crippen molar-refractivity contribution in [1.29, 1.82) is 0 Å². The molecule has 4 aliphatic heterocycles. The average molecular weight is 807 g/mol. The lowest BCUT2D eigenvalue weighted by Gasteiger charge is -2.06. The van der Waals surface area contributed by atoms with E-state index in [1.807, 2.05) is 0 Å². The second kappa shape index (κ2) is 13.3. The van der Waals surface area contributed by atoms with Crippen LogP contribution in [-0.2, 0) is 18.9 Å². The minimum atomic E-state index is -0.824. The van der Waals surface area contributed by atoms with E-state index in [1.165, 1.54) is 42.5 Å². The summed E-state index contributed by atoms with van der Waals surface area (Å²) in [5.41, 5.74) is 0.384. The van der Waals surface area contributed by atoms with Gasteiger partial charge in [-0.25, -0.2) is 57.5 Å². The number of hydrogen-bond donors (Lipinski definition) is 0. The van der Waals surface area contributed by atoms with Gasteiger partial charge in [-0.3, -0.25) is 0 Å². The first-order chi connectivity index (χ1) is 28.7. The molecule has 0 saturated heterocycles. The van der Waals surface area contributed by atoms with Gasteiger partial charge in [0.2, 0.25) is 0 Å². The summed E-state index contributed by atoms with van der Waals surface area (Å²) in [6.07, 6.45) is 0. The summed E-state index contributed by atoms with van der Waals surface area (Å²) in [6, 6.07) is 20.9. The fourth-order valence-corrected chi connectivity index (χ4v) is 6.82. The number of hydrogen-bond acceptors (Lipinski definition) is 18. The van der Waals surface area contributed by atoms with Gasteiger partial charge >= 0.3 is 70.3 Å². The van der Waals surface area contributed by atoms with Crippen molar-refractivity contribution in [1.82, 2.24) is 0 Å². The SMILES string of the molecule is O=C1OC(=O)c2cc(-c3ccc4c(c3)C(=O)OC4=O)ccc21.O=C1OC(=O)c2cc(-c3cccc4c3C(=O)OC4=O)ccc21.O=c1oc(=O)c2cc3c(=O)oc(=O)c3cc12. The molecule has 0 aliphatic carbocycles. The predicted molar refractivity (Wildman–Crippen MR) is 196 cm³/mol. The zero-order valence-corrected chi connectivity index (χ0v) is 29.4. The Hall–Kier alpha value is -9.06. The molecule has 7 aromatic rings. The van der Waals surface area contributed by atoms with Gasteiger partial charge in [0, 0.05) is 0 Å². The minimum Gasteiger partial charge on any atom is -0.386 e. The van der Waals surface area contributed by atoms with Crippen molar-refractivity contribution < 1.29 is 66.1 Å². The zero-order valence-electron chi connectivity index (χ0n) is 29.4. The molecule has 60 heavy (non-hydrogen) atoms. The lowest BCUT2D eigenvalue weighted by Crippen LogP contribution is -1.99. The third kappa shape index (κ3) is 5.74. The van der Waals surface area contributed by atoms with Crippen molar-refractivity contribution in [2.24, 2.45) is 0 Å². The first-order valence-electron chi connectivity index (χ1n) is 17.0. The minimum absolute atomic E-state index is 0.0181. The summed E-state index contributed by atoms with van der Waals surface area (Å²) in [5, 5.41) is -0.0726. The Kier molecular flexibility index (Phi) is 8.09. The van der Waals surface area contributed by atoms with Gasteiger partial charge in [0.15, 0.2) is 0 Å². The van der Waals surface area contributed by atoms with Crippen LogP contribution in [0.3, 0.4) is 0 Å². The van der Waals surface area contributed by atoms with Crippen LogP contribution in [0, 0.1) is 0 Å². The van der Waals surface area contributed by atoms with Crippen molar-refractivity contribution in [2.45, 2.75) is 0 Å². The van der Waals surface area contributed by atoms with Gasteiger partial charge in [0.05, 0.1) is 66.1 Å². The van der Waals surface area contributed by atoms with Gasteiger partial charge in [-0.05, 0) is 76.9 Å². The second-order valence-corrected chi connectivity index (χ2v) is 13.0. The summed E-state index contributed by atoms with van der Waals surface area (Å²) in [5.74, 6) is -5.58. The molecule has 18 nitrogen and oxygen atoms in total. The van der Waals surface area contributed by atoms with Gasteiger partial charge in [0.25, 0.3) is 0 Å². The van der Waals surface area contributed by atoms with E-state index in [2.05, 4.69) is 27.8 Å². The smallest absolute Gasteiger partial charge is 0.347 e. The van der Waals surface area contributed by atoms with Gasteiger partial charge in [-0.1, -0.05) is 30.3 Å². The average Bonchev–Trinajstić information content (AvgIpc) is 4.02. The van der Waals surface area contributed by atoms with Crippen LogP contribution in [0.2, 0.25) is 0 Å². The van der Waals surface area contributed by atoms with Gasteiger partial charge < -0.3 is 27.8 Å². The highest BCUT2D eigenvalue weighted by Gasteiger charge is 2.35. The number of esters is 8. The van der Waals surface area contributed by atoms with E-state index in [4.69, 9.17) is 0 Å². The normalized spacial score (nSPS) is 14.4. The van der Waals surface area contributed by atoms with Crippen LogP contribution in [0.5, 0.6) is 0 Å². The number of furan rings is 2. The number of rotatable bonds is 2. The Labute approximate surface area is 328 Å². The molecule has 0 amide bonds. The topological polar surface area (TPSA) is 268 Å². The highest BCUT2D eigenvalue weighted by molar-refractivity contribution is 6.19. The van der Waals surface area contributed by atoms with Crippen LogP contribution in [0.25, 0.3) is 43.8 Å². The molecule has 2 aromatic heterocycles. The molecular weight excluding hydrogens is 792 g/mol. The van der Waals surface area contributed by atoms with Crippen LogP contribution >= 0.6 is 0 Å². The lowest BCUT2D eigenvalue weighted by molar-refractivity contribution is 0.0425. The second-order valence-electron chi connectivity index (χ2n) is 13.0. The molecule has 0 N–H and O–H groups in total. The monoisotopic (exact) mass is 806 g/mol. The number of fused-ring (bicyclic) bond motifs is 6. The standard InChI is InChI=1S/2C16H6O6.C10H2O6/c17-13-9-3-1-7(5-11(9)15(19)21-13)8-2-4-10-12(6-8)16(20)22-14(10)18;17-13-9-5-4-7(6-11(9)15(19)21-13)8-2-1-3-10-12(8)16(20)22-14(10)18;11-7-3-1-4-6(10(14)16-8(4)12)2-5(3)9(13)15-7/h2*1-6H;1-2H. The van der Waals surface area contributed by atoms with E-state index in [0.717, 1.165) is 12.1 Å². The van der Waals surface area contributed by atoms with E-state index >= 15 is 0 Å². The van der Waals surface area contributed by atoms with Crippen LogP contribution in [-0.4, -0.2) is 47.8 Å². The van der Waals surface area contributed by atoms with Gasteiger partial charge in [-0.15, -0.1) is 0 Å². The lowest BCUT2D eigenvalue weighted by atomic mass is 9.94. The molecule has 0 unspecified atom stereocenters. The van der Waals surface area contributed by atoms with E-state index in [0.29, 0.717) is 22.3 Å². The Morgan fingerprint density at radius 1 is 0.267 bits per heavy atom. The molecule has 4 aliphatic rings. The van der Waals surface area contributed by atoms with Crippen molar-refractivity contribution in [2.75, 3.05) is 0 Å². The number of cyclic esters (lactones) is 8. The molecule has 6 heterocycles. The Morgan fingerprint density at radius 2 is 0.583 bits per heavy atom. The van der Waals surface area contributed by atoms with Crippen LogP contribution < -0.4 is 22.5 Å². The first-order valence-corrected chi connectivity index (χ1v) is 17.0. The summed E-state index contributed by atoms with van der Waals surface area (Å²) in [7, 11) is 0. The third-order valence-corrected chi connectivity index (χ3v) is 9.66. The molecule has 5 aromatic carbocycles. The number of carbonyl (C=O) groups is 8. The fraction of sp³-hybridized carbons (Fsp3) is 0. The summed E-state index contributed by atoms with van der Waals surface area (Å²) < 4.78 is 26.9. The highest BCUT2D eigenvalue weighted by Crippen LogP contribution is 2.34. The predicted octanol–water partition coefficient (Wildman–Crippen LogP) is 3.45. The van der Waals surface area contributed by atoms with Gasteiger partial charge in [-0.2, -0.15) is 0 Å². The van der Waals surface area contributed by atoms with E-state index in [1.54, 1.807) is 30.3 Å². The maximum Gasteiger partial charge on any atom is 0.347 e. The Balaban J connectivity index is 0.000000117. The molecule has 0 bridgehead atoms. The van der Waals surface area contributed by atoms with Crippen molar-refractivity contribution in [3.05, 3.63) is 171 Å². The Morgan fingerprint density at radius 3 is 1.00 bits per heavy atom. The molecule has 290 valence electrons. The Bertz CT molecular complexity index is 3230. The van der Waals surface area contributed by atoms with E-state index in [-0.39, 0.29) is 66.1 Å². The molecule has 0 fully saturated rings. The maximum atomic E-state index is 11.8. The zero-order chi connectivity index (χ0) is 42.3. The third-order valence-electron chi connectivity index (χ3n) is 9.66. The summed E-state index contributed by atoms with van der Waals surface area (Å²) in [6.45, 7) is 0. The summed E-state index contributed by atoms with van der Waals surface area (Å²) in [4.78, 5) is 137. The molecule has 11 rings (SSSR count). The van der Waals surface area contributed by atoms with E-state index < -0.39 is 70.3 Å². The van der Waals surface area contributed by atoms with Crippen LogP contribution in [0.15, 0.2) is 113 Å². The maximum absolute atomic E-state index is 11.8. The quantitative estimate of drug-likeness (QED) is 0.137. The summed E-state index contributed by atoms with van der Waals surface area (Å²) >= 11 is 0. The molecule has 18 heteroatoms.